The number of aromatic nitrogens is 3. The van der Waals surface area contributed by atoms with E-state index in [0.29, 0.717) is 48.2 Å². The highest BCUT2D eigenvalue weighted by Crippen LogP contribution is 2.21. The van der Waals surface area contributed by atoms with Crippen LogP contribution in [-0.4, -0.2) is 66.3 Å². The fraction of sp³-hybridized carbons (Fsp3) is 0.462. The molecule has 0 aliphatic carbocycles. The summed E-state index contributed by atoms with van der Waals surface area (Å²) in [5.41, 5.74) is 1.24. The summed E-state index contributed by atoms with van der Waals surface area (Å²) in [7, 11) is -3.22. The molecule has 0 unspecified atom stereocenters. The minimum Gasteiger partial charge on any atom is -0.374 e. The fourth-order valence-electron chi connectivity index (χ4n) is 2.39. The Morgan fingerprint density at radius 1 is 1.43 bits per heavy atom. The minimum atomic E-state index is -3.22. The molecule has 3 heterocycles. The van der Waals surface area contributed by atoms with Crippen LogP contribution in [0.25, 0.3) is 11.0 Å². The third-order valence-electron chi connectivity index (χ3n) is 3.49. The van der Waals surface area contributed by atoms with E-state index in [1.54, 1.807) is 18.5 Å². The first-order valence-corrected chi connectivity index (χ1v) is 9.24. The maximum Gasteiger partial charge on any atom is 0.211 e. The molecule has 0 saturated carbocycles. The van der Waals surface area contributed by atoms with Gasteiger partial charge in [-0.15, -0.1) is 0 Å². The Morgan fingerprint density at radius 3 is 3.00 bits per heavy atom. The van der Waals surface area contributed by atoms with E-state index < -0.39 is 10.0 Å². The molecule has 2 aromatic rings. The van der Waals surface area contributed by atoms with Crippen molar-refractivity contribution in [3.63, 3.8) is 0 Å². The Hall–Kier alpha value is -1.55. The molecule has 0 radical (unpaired) electrons. The number of halogens is 1. The molecule has 124 valence electrons. The van der Waals surface area contributed by atoms with E-state index in [9.17, 15) is 8.42 Å². The van der Waals surface area contributed by atoms with Crippen molar-refractivity contribution in [2.45, 2.75) is 6.10 Å². The van der Waals surface area contributed by atoms with Gasteiger partial charge in [-0.1, -0.05) is 11.6 Å². The highest BCUT2D eigenvalue weighted by atomic mass is 35.5. The van der Waals surface area contributed by atoms with Gasteiger partial charge < -0.3 is 10.1 Å². The van der Waals surface area contributed by atoms with Gasteiger partial charge in [-0.2, -0.15) is 4.31 Å². The topological polar surface area (TPSA) is 97.3 Å². The summed E-state index contributed by atoms with van der Waals surface area (Å²) in [6.45, 7) is 1.43. The monoisotopic (exact) mass is 357 g/mol. The van der Waals surface area contributed by atoms with Crippen molar-refractivity contribution in [2.75, 3.05) is 37.8 Å². The number of morpholine rings is 1. The van der Waals surface area contributed by atoms with Crippen LogP contribution in [0, 0.1) is 0 Å². The van der Waals surface area contributed by atoms with Crippen molar-refractivity contribution in [1.29, 1.82) is 0 Å². The minimum absolute atomic E-state index is 0.272. The molecule has 10 heteroatoms. The van der Waals surface area contributed by atoms with Crippen LogP contribution in [0.1, 0.15) is 0 Å². The number of ether oxygens (including phenoxy) is 1. The maximum absolute atomic E-state index is 11.6. The Kier molecular flexibility index (Phi) is 4.62. The summed E-state index contributed by atoms with van der Waals surface area (Å²) >= 11 is 5.99. The van der Waals surface area contributed by atoms with Crippen LogP contribution in [-0.2, 0) is 14.8 Å². The molecular weight excluding hydrogens is 342 g/mol. The molecule has 1 aliphatic heterocycles. The van der Waals surface area contributed by atoms with E-state index in [4.69, 9.17) is 16.3 Å². The second-order valence-electron chi connectivity index (χ2n) is 5.21. The van der Waals surface area contributed by atoms with E-state index in [0.717, 1.165) is 0 Å². The molecule has 1 atom stereocenters. The van der Waals surface area contributed by atoms with Gasteiger partial charge in [-0.25, -0.2) is 18.4 Å². The van der Waals surface area contributed by atoms with Gasteiger partial charge in [0.2, 0.25) is 10.0 Å². The molecule has 23 heavy (non-hydrogen) atoms. The van der Waals surface area contributed by atoms with Crippen LogP contribution < -0.4 is 5.32 Å². The Balaban J connectivity index is 1.73. The number of anilines is 1. The number of nitrogens with zero attached hydrogens (tertiary/aromatic N) is 4. The molecule has 0 bridgehead atoms. The predicted octanol–water partition coefficient (Wildman–Crippen LogP) is 0.750. The van der Waals surface area contributed by atoms with E-state index in [1.807, 2.05) is 0 Å². The molecule has 1 fully saturated rings. The number of pyridine rings is 1. The lowest BCUT2D eigenvalue weighted by molar-refractivity contribution is 0.00702. The first-order valence-electron chi connectivity index (χ1n) is 7.01. The molecule has 1 aliphatic rings. The van der Waals surface area contributed by atoms with Gasteiger partial charge in [0, 0.05) is 38.1 Å². The average molecular weight is 358 g/mol. The van der Waals surface area contributed by atoms with E-state index >= 15 is 0 Å². The zero-order valence-electron chi connectivity index (χ0n) is 12.4. The molecule has 0 spiro atoms. The van der Waals surface area contributed by atoms with Crippen LogP contribution in [0.4, 0.5) is 5.82 Å². The van der Waals surface area contributed by atoms with Gasteiger partial charge >= 0.3 is 0 Å². The highest BCUT2D eigenvalue weighted by Gasteiger charge is 2.26. The molecule has 3 rings (SSSR count). The fourth-order valence-corrected chi connectivity index (χ4v) is 3.42. The summed E-state index contributed by atoms with van der Waals surface area (Å²) in [6.07, 6.45) is 4.08. The van der Waals surface area contributed by atoms with Crippen LogP contribution in [0.3, 0.4) is 0 Å². The standard InChI is InChI=1S/C13H16ClN5O3S/c1-23(20,21)19-4-5-22-9(8-19)7-17-13-12-10(6-11(14)18-13)15-2-3-16-12/h2-3,6,9H,4-5,7-8H2,1H3,(H,17,18)/t9-/m1/s1. The van der Waals surface area contributed by atoms with Crippen LogP contribution in [0.15, 0.2) is 18.5 Å². The average Bonchev–Trinajstić information content (AvgIpc) is 2.52. The summed E-state index contributed by atoms with van der Waals surface area (Å²) in [5, 5.41) is 3.43. The second kappa shape index (κ2) is 6.52. The third kappa shape index (κ3) is 3.86. The first-order chi connectivity index (χ1) is 10.9. The summed E-state index contributed by atoms with van der Waals surface area (Å²) < 4.78 is 30.3. The van der Waals surface area contributed by atoms with E-state index in [2.05, 4.69) is 20.3 Å². The van der Waals surface area contributed by atoms with Crippen molar-refractivity contribution in [1.82, 2.24) is 19.3 Å². The zero-order valence-corrected chi connectivity index (χ0v) is 14.0. The lowest BCUT2D eigenvalue weighted by Crippen LogP contribution is -2.47. The molecule has 0 aromatic carbocycles. The SMILES string of the molecule is CS(=O)(=O)N1CCO[C@H](CNc2nc(Cl)cc3nccnc23)C1. The number of sulfonamides is 1. The number of fused-ring (bicyclic) bond motifs is 1. The van der Waals surface area contributed by atoms with Crippen LogP contribution in [0.5, 0.6) is 0 Å². The number of hydrogen-bond acceptors (Lipinski definition) is 7. The maximum atomic E-state index is 11.6. The molecule has 1 N–H and O–H groups in total. The third-order valence-corrected chi connectivity index (χ3v) is 4.96. The smallest absolute Gasteiger partial charge is 0.211 e. The normalized spacial score (nSPS) is 19.8. The number of rotatable bonds is 4. The van der Waals surface area contributed by atoms with Crippen molar-refractivity contribution >= 4 is 38.5 Å². The second-order valence-corrected chi connectivity index (χ2v) is 7.58. The van der Waals surface area contributed by atoms with E-state index in [1.165, 1.54) is 10.6 Å². The molecule has 1 saturated heterocycles. The Labute approximate surface area is 138 Å². The van der Waals surface area contributed by atoms with Gasteiger partial charge in [0.25, 0.3) is 0 Å². The van der Waals surface area contributed by atoms with Gasteiger partial charge in [0.1, 0.15) is 10.7 Å². The lowest BCUT2D eigenvalue weighted by atomic mass is 10.3. The summed E-state index contributed by atoms with van der Waals surface area (Å²) in [5.74, 6) is 0.501. The van der Waals surface area contributed by atoms with Gasteiger partial charge in [0.15, 0.2) is 5.82 Å². The Bertz CT molecular complexity index is 816. The summed E-state index contributed by atoms with van der Waals surface area (Å²) in [4.78, 5) is 12.7. The quantitative estimate of drug-likeness (QED) is 0.806. The predicted molar refractivity (Wildman–Crippen MR) is 87.0 cm³/mol. The van der Waals surface area contributed by atoms with Gasteiger partial charge in [0.05, 0.1) is 24.5 Å². The zero-order chi connectivity index (χ0) is 16.4. The van der Waals surface area contributed by atoms with Gasteiger partial charge in [-0.05, 0) is 0 Å². The number of nitrogens with one attached hydrogen (secondary N) is 1. The Morgan fingerprint density at radius 2 is 2.22 bits per heavy atom. The molecule has 0 amide bonds. The number of hydrogen-bond donors (Lipinski definition) is 1. The van der Waals surface area contributed by atoms with Gasteiger partial charge in [-0.3, -0.25) is 4.98 Å². The largest absolute Gasteiger partial charge is 0.374 e. The molecular formula is C13H16ClN5O3S. The lowest BCUT2D eigenvalue weighted by Gasteiger charge is -2.31. The van der Waals surface area contributed by atoms with Crippen molar-refractivity contribution in [3.05, 3.63) is 23.6 Å². The molecule has 8 nitrogen and oxygen atoms in total. The van der Waals surface area contributed by atoms with Crippen molar-refractivity contribution < 1.29 is 13.2 Å². The van der Waals surface area contributed by atoms with Crippen molar-refractivity contribution in [2.24, 2.45) is 0 Å². The van der Waals surface area contributed by atoms with E-state index in [-0.39, 0.29) is 6.10 Å². The van der Waals surface area contributed by atoms with Crippen LogP contribution >= 0.6 is 11.6 Å². The summed E-state index contributed by atoms with van der Waals surface area (Å²) in [6, 6.07) is 1.64. The highest BCUT2D eigenvalue weighted by molar-refractivity contribution is 7.88. The first kappa shape index (κ1) is 16.3. The van der Waals surface area contributed by atoms with Crippen molar-refractivity contribution in [3.8, 4) is 0 Å². The van der Waals surface area contributed by atoms with Crippen LogP contribution in [0.2, 0.25) is 5.15 Å². The molecule has 2 aromatic heterocycles.